The van der Waals surface area contributed by atoms with Crippen LogP contribution in [0.5, 0.6) is 0 Å². The van der Waals surface area contributed by atoms with Crippen LogP contribution in [-0.2, 0) is 0 Å². The summed E-state index contributed by atoms with van der Waals surface area (Å²) in [5.74, 6) is 0. The molecule has 0 saturated heterocycles. The van der Waals surface area contributed by atoms with Crippen LogP contribution in [0.15, 0.2) is 37.8 Å². The molecule has 2 rings (SSSR count). The van der Waals surface area contributed by atoms with E-state index in [1.807, 2.05) is 26.0 Å². The molecule has 5 nitrogen and oxygen atoms in total. The maximum atomic E-state index is 11.5. The van der Waals surface area contributed by atoms with Gasteiger partial charge in [0.25, 0.3) is 0 Å². The lowest BCUT2D eigenvalue weighted by Gasteiger charge is -2.07. The van der Waals surface area contributed by atoms with Gasteiger partial charge in [-0.15, -0.1) is 5.10 Å². The molecule has 0 aliphatic rings. The first-order valence-corrected chi connectivity index (χ1v) is 6.65. The van der Waals surface area contributed by atoms with Crippen LogP contribution in [0.3, 0.4) is 0 Å². The van der Waals surface area contributed by atoms with Gasteiger partial charge in [-0.25, -0.2) is 14.9 Å². The first kappa shape index (κ1) is 12.4. The van der Waals surface area contributed by atoms with Gasteiger partial charge in [0.2, 0.25) is 0 Å². The molecule has 7 heteroatoms. The van der Waals surface area contributed by atoms with Gasteiger partial charge in [-0.1, -0.05) is 0 Å². The highest BCUT2D eigenvalue weighted by Gasteiger charge is 2.12. The summed E-state index contributed by atoms with van der Waals surface area (Å²) in [6.45, 7) is 3.88. The van der Waals surface area contributed by atoms with E-state index in [1.165, 1.54) is 11.8 Å². The normalized spacial score (nSPS) is 11.1. The number of hydrogen-bond acceptors (Lipinski definition) is 4. The minimum Gasteiger partial charge on any atom is -0.267 e. The standard InChI is InChI=1S/C10H11BrN4OS/c1-6(2)15-9(16)13-14-10(15)17-8-4-3-7(11)5-12-8/h3-6H,1-2H3,(H,13,16). The zero-order valence-electron chi connectivity index (χ0n) is 9.35. The van der Waals surface area contributed by atoms with Gasteiger partial charge in [0.15, 0.2) is 5.16 Å². The molecule has 0 aliphatic heterocycles. The number of aromatic nitrogens is 4. The Hall–Kier alpha value is -1.08. The van der Waals surface area contributed by atoms with E-state index in [9.17, 15) is 4.79 Å². The van der Waals surface area contributed by atoms with Crippen LogP contribution in [0, 0.1) is 0 Å². The Kier molecular flexibility index (Phi) is 3.68. The van der Waals surface area contributed by atoms with Crippen LogP contribution in [0.25, 0.3) is 0 Å². The summed E-state index contributed by atoms with van der Waals surface area (Å²) < 4.78 is 2.53. The Morgan fingerprint density at radius 1 is 1.47 bits per heavy atom. The van der Waals surface area contributed by atoms with Crippen molar-refractivity contribution in [1.29, 1.82) is 0 Å². The van der Waals surface area contributed by atoms with Crippen molar-refractivity contribution in [2.45, 2.75) is 30.1 Å². The van der Waals surface area contributed by atoms with Crippen LogP contribution in [0.4, 0.5) is 0 Å². The molecule has 2 aromatic rings. The summed E-state index contributed by atoms with van der Waals surface area (Å²) in [7, 11) is 0. The Morgan fingerprint density at radius 2 is 2.24 bits per heavy atom. The molecule has 0 bridgehead atoms. The van der Waals surface area contributed by atoms with E-state index in [0.29, 0.717) is 5.16 Å². The topological polar surface area (TPSA) is 63.6 Å². The van der Waals surface area contributed by atoms with Gasteiger partial charge in [-0.2, -0.15) is 0 Å². The zero-order valence-corrected chi connectivity index (χ0v) is 11.7. The summed E-state index contributed by atoms with van der Waals surface area (Å²) in [6, 6.07) is 3.84. The van der Waals surface area contributed by atoms with Gasteiger partial charge in [0.05, 0.1) is 0 Å². The third-order valence-electron chi connectivity index (χ3n) is 2.08. The lowest BCUT2D eigenvalue weighted by Crippen LogP contribution is -2.19. The summed E-state index contributed by atoms with van der Waals surface area (Å²) >= 11 is 4.68. The van der Waals surface area contributed by atoms with Gasteiger partial charge >= 0.3 is 5.69 Å². The Balaban J connectivity index is 2.30. The number of halogens is 1. The van der Waals surface area contributed by atoms with Gasteiger partial charge < -0.3 is 0 Å². The molecule has 0 radical (unpaired) electrons. The smallest absolute Gasteiger partial charge is 0.267 e. The van der Waals surface area contributed by atoms with Crippen LogP contribution < -0.4 is 5.69 Å². The highest BCUT2D eigenvalue weighted by Crippen LogP contribution is 2.25. The summed E-state index contributed by atoms with van der Waals surface area (Å²) in [6.07, 6.45) is 1.72. The lowest BCUT2D eigenvalue weighted by atomic mass is 10.4. The third-order valence-corrected chi connectivity index (χ3v) is 3.47. The average molecular weight is 315 g/mol. The van der Waals surface area contributed by atoms with Crippen molar-refractivity contribution in [2.75, 3.05) is 0 Å². The van der Waals surface area contributed by atoms with Crippen LogP contribution in [0.1, 0.15) is 19.9 Å². The van der Waals surface area contributed by atoms with Crippen molar-refractivity contribution in [2.24, 2.45) is 0 Å². The molecule has 90 valence electrons. The van der Waals surface area contributed by atoms with Crippen LogP contribution >= 0.6 is 27.7 Å². The second-order valence-corrected chi connectivity index (χ2v) is 5.60. The summed E-state index contributed by atoms with van der Waals surface area (Å²) in [4.78, 5) is 15.8. The fourth-order valence-corrected chi connectivity index (χ4v) is 2.48. The van der Waals surface area contributed by atoms with E-state index in [2.05, 4.69) is 31.1 Å². The van der Waals surface area contributed by atoms with E-state index in [1.54, 1.807) is 10.8 Å². The maximum absolute atomic E-state index is 11.5. The minimum absolute atomic E-state index is 0.0687. The average Bonchev–Trinajstić information content (AvgIpc) is 2.63. The number of aromatic amines is 1. The minimum atomic E-state index is -0.195. The van der Waals surface area contributed by atoms with Gasteiger partial charge in [0, 0.05) is 16.7 Å². The maximum Gasteiger partial charge on any atom is 0.344 e. The van der Waals surface area contributed by atoms with Crippen LogP contribution in [0.2, 0.25) is 0 Å². The number of hydrogen-bond donors (Lipinski definition) is 1. The number of H-pyrrole nitrogens is 1. The largest absolute Gasteiger partial charge is 0.344 e. The molecule has 17 heavy (non-hydrogen) atoms. The first-order valence-electron chi connectivity index (χ1n) is 5.04. The number of nitrogens with one attached hydrogen (secondary N) is 1. The SMILES string of the molecule is CC(C)n1c(Sc2ccc(Br)cn2)n[nH]c1=O. The van der Waals surface area contributed by atoms with E-state index in [4.69, 9.17) is 0 Å². The van der Waals surface area contributed by atoms with E-state index < -0.39 is 0 Å². The second-order valence-electron chi connectivity index (χ2n) is 3.69. The quantitative estimate of drug-likeness (QED) is 0.945. The third kappa shape index (κ3) is 2.78. The van der Waals surface area contributed by atoms with Gasteiger partial charge in [-0.3, -0.25) is 4.57 Å². The predicted octanol–water partition coefficient (Wildman–Crippen LogP) is 2.46. The molecule has 0 unspecified atom stereocenters. The molecule has 2 aromatic heterocycles. The highest BCUT2D eigenvalue weighted by atomic mass is 79.9. The number of rotatable bonds is 3. The van der Waals surface area contributed by atoms with Crippen LogP contribution in [-0.4, -0.2) is 19.7 Å². The molecule has 0 aromatic carbocycles. The lowest BCUT2D eigenvalue weighted by molar-refractivity contribution is 0.534. The molecule has 0 aliphatic carbocycles. The fourth-order valence-electron chi connectivity index (χ4n) is 1.33. The Bertz CT molecular complexity index is 560. The van der Waals surface area contributed by atoms with Crippen molar-refractivity contribution < 1.29 is 0 Å². The molecular weight excluding hydrogens is 304 g/mol. The summed E-state index contributed by atoms with van der Waals surface area (Å²) in [5.41, 5.74) is -0.195. The monoisotopic (exact) mass is 314 g/mol. The van der Waals surface area contributed by atoms with Gasteiger partial charge in [-0.05, 0) is 53.7 Å². The highest BCUT2D eigenvalue weighted by molar-refractivity contribution is 9.10. The first-order chi connectivity index (χ1) is 8.08. The zero-order chi connectivity index (χ0) is 12.4. The predicted molar refractivity (Wildman–Crippen MR) is 69.3 cm³/mol. The Morgan fingerprint density at radius 3 is 2.82 bits per heavy atom. The molecule has 0 spiro atoms. The number of pyridine rings is 1. The van der Waals surface area contributed by atoms with Crippen molar-refractivity contribution >= 4 is 27.7 Å². The fraction of sp³-hybridized carbons (Fsp3) is 0.300. The van der Waals surface area contributed by atoms with E-state index in [-0.39, 0.29) is 11.7 Å². The molecule has 0 fully saturated rings. The molecular formula is C10H11BrN4OS. The molecule has 0 atom stereocenters. The molecule has 0 saturated carbocycles. The number of nitrogens with zero attached hydrogens (tertiary/aromatic N) is 3. The van der Waals surface area contributed by atoms with Crippen molar-refractivity contribution in [3.05, 3.63) is 33.3 Å². The Labute approximate surface area is 111 Å². The van der Waals surface area contributed by atoms with Crippen molar-refractivity contribution in [3.63, 3.8) is 0 Å². The second kappa shape index (κ2) is 5.05. The van der Waals surface area contributed by atoms with Crippen molar-refractivity contribution in [1.82, 2.24) is 19.7 Å². The molecule has 1 N–H and O–H groups in total. The van der Waals surface area contributed by atoms with E-state index in [0.717, 1.165) is 9.50 Å². The molecule has 0 amide bonds. The molecule has 2 heterocycles. The van der Waals surface area contributed by atoms with Crippen molar-refractivity contribution in [3.8, 4) is 0 Å². The summed E-state index contributed by atoms with van der Waals surface area (Å²) in [5, 5.41) is 7.87. The van der Waals surface area contributed by atoms with Gasteiger partial charge in [0.1, 0.15) is 5.03 Å². The van der Waals surface area contributed by atoms with E-state index >= 15 is 0 Å².